The summed E-state index contributed by atoms with van der Waals surface area (Å²) in [5.41, 5.74) is 0.220. The zero-order valence-electron chi connectivity index (χ0n) is 10.7. The standard InChI is InChI=1S/C14H25NO/c1-10-7-11(2)13-12(8-10)16-14(9-15-13)5-3-4-6-14/h10-13,15H,3-9H2,1-2H3. The van der Waals surface area contributed by atoms with Crippen molar-refractivity contribution in [2.75, 3.05) is 6.54 Å². The van der Waals surface area contributed by atoms with Crippen molar-refractivity contribution in [3.63, 3.8) is 0 Å². The van der Waals surface area contributed by atoms with Crippen LogP contribution >= 0.6 is 0 Å². The molecule has 4 unspecified atom stereocenters. The molecule has 0 aromatic carbocycles. The minimum absolute atomic E-state index is 0.220. The molecule has 0 bridgehead atoms. The number of morpholine rings is 1. The predicted molar refractivity (Wildman–Crippen MR) is 65.4 cm³/mol. The summed E-state index contributed by atoms with van der Waals surface area (Å²) < 4.78 is 6.52. The Morgan fingerprint density at radius 1 is 1.12 bits per heavy atom. The molecule has 3 aliphatic rings. The molecule has 1 heterocycles. The molecule has 1 N–H and O–H groups in total. The van der Waals surface area contributed by atoms with Crippen LogP contribution in [-0.4, -0.2) is 24.3 Å². The lowest BCUT2D eigenvalue weighted by Gasteiger charge is -2.49. The normalized spacial score (nSPS) is 46.9. The quantitative estimate of drug-likeness (QED) is 0.682. The number of hydrogen-bond donors (Lipinski definition) is 1. The molecule has 1 saturated heterocycles. The summed E-state index contributed by atoms with van der Waals surface area (Å²) in [6, 6.07) is 0.627. The van der Waals surface area contributed by atoms with E-state index < -0.39 is 0 Å². The molecule has 3 fully saturated rings. The molecular formula is C14H25NO. The molecule has 0 amide bonds. The average molecular weight is 223 g/mol. The van der Waals surface area contributed by atoms with Gasteiger partial charge in [0.05, 0.1) is 11.7 Å². The highest BCUT2D eigenvalue weighted by molar-refractivity contribution is 5.00. The molecule has 1 aliphatic heterocycles. The van der Waals surface area contributed by atoms with E-state index in [2.05, 4.69) is 19.2 Å². The molecule has 2 saturated carbocycles. The van der Waals surface area contributed by atoms with E-state index in [0.717, 1.165) is 18.4 Å². The van der Waals surface area contributed by atoms with Crippen LogP contribution in [0.4, 0.5) is 0 Å². The topological polar surface area (TPSA) is 21.3 Å². The fraction of sp³-hybridized carbons (Fsp3) is 1.00. The summed E-state index contributed by atoms with van der Waals surface area (Å²) >= 11 is 0. The van der Waals surface area contributed by atoms with Gasteiger partial charge in [-0.15, -0.1) is 0 Å². The zero-order chi connectivity index (χ0) is 11.2. The van der Waals surface area contributed by atoms with Crippen LogP contribution < -0.4 is 5.32 Å². The van der Waals surface area contributed by atoms with E-state index in [1.54, 1.807) is 0 Å². The maximum atomic E-state index is 6.52. The Labute approximate surface area is 99.1 Å². The molecule has 3 rings (SSSR count). The van der Waals surface area contributed by atoms with E-state index in [0.29, 0.717) is 12.1 Å². The van der Waals surface area contributed by atoms with E-state index in [1.165, 1.54) is 38.5 Å². The predicted octanol–water partition coefficient (Wildman–Crippen LogP) is 2.72. The second-order valence-electron chi connectivity index (χ2n) is 6.51. The van der Waals surface area contributed by atoms with Crippen LogP contribution in [0.1, 0.15) is 52.4 Å². The van der Waals surface area contributed by atoms with Gasteiger partial charge in [-0.25, -0.2) is 0 Å². The maximum absolute atomic E-state index is 6.52. The molecule has 2 heteroatoms. The van der Waals surface area contributed by atoms with E-state index in [4.69, 9.17) is 4.74 Å². The first-order valence-electron chi connectivity index (χ1n) is 7.10. The number of ether oxygens (including phenoxy) is 1. The number of hydrogen-bond acceptors (Lipinski definition) is 2. The molecule has 4 atom stereocenters. The van der Waals surface area contributed by atoms with E-state index in [9.17, 15) is 0 Å². The monoisotopic (exact) mass is 223 g/mol. The van der Waals surface area contributed by atoms with Crippen LogP contribution in [0.15, 0.2) is 0 Å². The van der Waals surface area contributed by atoms with Gasteiger partial charge in [-0.2, -0.15) is 0 Å². The van der Waals surface area contributed by atoms with Crippen molar-refractivity contribution < 1.29 is 4.74 Å². The van der Waals surface area contributed by atoms with E-state index >= 15 is 0 Å². The van der Waals surface area contributed by atoms with Gasteiger partial charge in [0.1, 0.15) is 0 Å². The van der Waals surface area contributed by atoms with Gasteiger partial charge in [-0.05, 0) is 37.5 Å². The third-order valence-corrected chi connectivity index (χ3v) is 5.00. The largest absolute Gasteiger partial charge is 0.369 e. The van der Waals surface area contributed by atoms with Gasteiger partial charge >= 0.3 is 0 Å². The fourth-order valence-corrected chi connectivity index (χ4v) is 4.22. The smallest absolute Gasteiger partial charge is 0.0810 e. The summed E-state index contributed by atoms with van der Waals surface area (Å²) in [5, 5.41) is 3.80. The third-order valence-electron chi connectivity index (χ3n) is 5.00. The summed E-state index contributed by atoms with van der Waals surface area (Å²) in [6.07, 6.45) is 8.42. The first-order chi connectivity index (χ1) is 7.69. The first kappa shape index (κ1) is 11.0. The van der Waals surface area contributed by atoms with Crippen molar-refractivity contribution in [1.82, 2.24) is 5.32 Å². The minimum atomic E-state index is 0.220. The van der Waals surface area contributed by atoms with Crippen LogP contribution in [0.3, 0.4) is 0 Å². The summed E-state index contributed by atoms with van der Waals surface area (Å²) in [7, 11) is 0. The van der Waals surface area contributed by atoms with Crippen molar-refractivity contribution in [3.05, 3.63) is 0 Å². The molecule has 0 radical (unpaired) electrons. The van der Waals surface area contributed by atoms with Gasteiger partial charge in [-0.1, -0.05) is 26.7 Å². The molecule has 16 heavy (non-hydrogen) atoms. The Morgan fingerprint density at radius 3 is 2.62 bits per heavy atom. The van der Waals surface area contributed by atoms with Crippen LogP contribution in [0.2, 0.25) is 0 Å². The van der Waals surface area contributed by atoms with Crippen molar-refractivity contribution in [2.24, 2.45) is 11.8 Å². The van der Waals surface area contributed by atoms with Gasteiger partial charge in [0.15, 0.2) is 0 Å². The number of rotatable bonds is 0. The lowest BCUT2D eigenvalue weighted by atomic mass is 9.76. The maximum Gasteiger partial charge on any atom is 0.0810 e. The van der Waals surface area contributed by atoms with Crippen LogP contribution in [0, 0.1) is 11.8 Å². The second kappa shape index (κ2) is 3.99. The molecular weight excluding hydrogens is 198 g/mol. The number of nitrogens with one attached hydrogen (secondary N) is 1. The van der Waals surface area contributed by atoms with Gasteiger partial charge in [0.2, 0.25) is 0 Å². The number of fused-ring (bicyclic) bond motifs is 1. The fourth-order valence-electron chi connectivity index (χ4n) is 4.22. The average Bonchev–Trinajstić information content (AvgIpc) is 2.65. The van der Waals surface area contributed by atoms with E-state index in [1.807, 2.05) is 0 Å². The Morgan fingerprint density at radius 2 is 1.88 bits per heavy atom. The Hall–Kier alpha value is -0.0800. The lowest BCUT2D eigenvalue weighted by molar-refractivity contribution is -0.156. The summed E-state index contributed by atoms with van der Waals surface area (Å²) in [5.74, 6) is 1.63. The molecule has 92 valence electrons. The van der Waals surface area contributed by atoms with Gasteiger partial charge in [-0.3, -0.25) is 0 Å². The Bertz CT molecular complexity index is 259. The highest BCUT2D eigenvalue weighted by Crippen LogP contribution is 2.41. The molecule has 1 spiro atoms. The molecule has 0 aromatic rings. The minimum Gasteiger partial charge on any atom is -0.369 e. The van der Waals surface area contributed by atoms with Gasteiger partial charge in [0.25, 0.3) is 0 Å². The van der Waals surface area contributed by atoms with E-state index in [-0.39, 0.29) is 5.60 Å². The van der Waals surface area contributed by atoms with Crippen LogP contribution in [0.25, 0.3) is 0 Å². The Balaban J connectivity index is 1.73. The molecule has 2 aliphatic carbocycles. The SMILES string of the molecule is CC1CC(C)C2NCC3(CCCC3)OC2C1. The highest BCUT2D eigenvalue weighted by Gasteiger charge is 2.46. The lowest BCUT2D eigenvalue weighted by Crippen LogP contribution is -2.62. The molecule has 0 aromatic heterocycles. The first-order valence-corrected chi connectivity index (χ1v) is 7.10. The van der Waals surface area contributed by atoms with Gasteiger partial charge < -0.3 is 10.1 Å². The third kappa shape index (κ3) is 1.80. The summed E-state index contributed by atoms with van der Waals surface area (Å²) in [6.45, 7) is 5.87. The van der Waals surface area contributed by atoms with Crippen LogP contribution in [0.5, 0.6) is 0 Å². The molecule has 2 nitrogen and oxygen atoms in total. The Kier molecular flexibility index (Phi) is 2.75. The van der Waals surface area contributed by atoms with Crippen molar-refractivity contribution in [1.29, 1.82) is 0 Å². The summed E-state index contributed by atoms with van der Waals surface area (Å²) in [4.78, 5) is 0. The second-order valence-corrected chi connectivity index (χ2v) is 6.51. The highest BCUT2D eigenvalue weighted by atomic mass is 16.5. The van der Waals surface area contributed by atoms with Crippen molar-refractivity contribution in [3.8, 4) is 0 Å². The van der Waals surface area contributed by atoms with Crippen molar-refractivity contribution >= 4 is 0 Å². The van der Waals surface area contributed by atoms with Crippen molar-refractivity contribution in [2.45, 2.75) is 70.1 Å². The van der Waals surface area contributed by atoms with Gasteiger partial charge in [0, 0.05) is 12.6 Å². The van der Waals surface area contributed by atoms with Crippen LogP contribution in [-0.2, 0) is 4.74 Å². The zero-order valence-corrected chi connectivity index (χ0v) is 10.7.